The van der Waals surface area contributed by atoms with E-state index < -0.39 is 0 Å². The first-order valence-corrected chi connectivity index (χ1v) is 8.96. The van der Waals surface area contributed by atoms with Gasteiger partial charge < -0.3 is 4.74 Å². The summed E-state index contributed by atoms with van der Waals surface area (Å²) in [5, 5.41) is 4.24. The van der Waals surface area contributed by atoms with Crippen molar-refractivity contribution >= 4 is 11.6 Å². The van der Waals surface area contributed by atoms with E-state index in [1.54, 1.807) is 0 Å². The molecule has 0 aliphatic heterocycles. The number of nitrogens with zero attached hydrogens (tertiary/aromatic N) is 1. The lowest BCUT2D eigenvalue weighted by atomic mass is 10.1. The highest BCUT2D eigenvalue weighted by Crippen LogP contribution is 2.29. The molecule has 4 heteroatoms. The van der Waals surface area contributed by atoms with Gasteiger partial charge in [-0.2, -0.15) is 5.10 Å². The molecule has 3 aromatic rings. The average Bonchev–Trinajstić information content (AvgIpc) is 2.74. The number of amides is 1. The highest BCUT2D eigenvalue weighted by atomic mass is 16.5. The average molecular weight is 358 g/mol. The van der Waals surface area contributed by atoms with Crippen molar-refractivity contribution in [3.63, 3.8) is 0 Å². The molecule has 0 aliphatic carbocycles. The van der Waals surface area contributed by atoms with Crippen LogP contribution in [-0.4, -0.2) is 18.2 Å². The van der Waals surface area contributed by atoms with Gasteiger partial charge in [-0.3, -0.25) is 4.79 Å². The highest BCUT2D eigenvalue weighted by Gasteiger charge is 2.08. The van der Waals surface area contributed by atoms with E-state index >= 15 is 0 Å². The van der Waals surface area contributed by atoms with Crippen molar-refractivity contribution in [1.29, 1.82) is 0 Å². The standard InChI is InChI=1S/C23H22N2O2/c1-2-21(19-13-7-4-8-14-19)24-25-23(26)17-27-22-16-10-9-15-20(22)18-11-5-3-6-12-18/h3-16H,2,17H2,1H3,(H,25,26)/b24-21-. The van der Waals surface area contributed by atoms with Gasteiger partial charge in [0.2, 0.25) is 0 Å². The molecular weight excluding hydrogens is 336 g/mol. The monoisotopic (exact) mass is 358 g/mol. The predicted molar refractivity (Wildman–Crippen MR) is 109 cm³/mol. The Kier molecular flexibility index (Phi) is 6.36. The summed E-state index contributed by atoms with van der Waals surface area (Å²) in [6, 6.07) is 27.4. The lowest BCUT2D eigenvalue weighted by Crippen LogP contribution is -2.26. The van der Waals surface area contributed by atoms with Crippen molar-refractivity contribution in [3.8, 4) is 16.9 Å². The second kappa shape index (κ2) is 9.34. The third-order valence-corrected chi connectivity index (χ3v) is 4.09. The van der Waals surface area contributed by atoms with Gasteiger partial charge in [0.05, 0.1) is 5.71 Å². The summed E-state index contributed by atoms with van der Waals surface area (Å²) in [7, 11) is 0. The van der Waals surface area contributed by atoms with E-state index in [1.807, 2.05) is 91.9 Å². The van der Waals surface area contributed by atoms with E-state index in [0.717, 1.165) is 28.8 Å². The quantitative estimate of drug-likeness (QED) is 0.493. The van der Waals surface area contributed by atoms with E-state index in [4.69, 9.17) is 4.74 Å². The molecule has 0 saturated heterocycles. The zero-order valence-corrected chi connectivity index (χ0v) is 15.3. The molecule has 0 unspecified atom stereocenters. The number of para-hydroxylation sites is 1. The van der Waals surface area contributed by atoms with Crippen LogP contribution in [0.4, 0.5) is 0 Å². The summed E-state index contributed by atoms with van der Waals surface area (Å²) in [6.45, 7) is 1.91. The van der Waals surface area contributed by atoms with Crippen molar-refractivity contribution in [3.05, 3.63) is 90.5 Å². The smallest absolute Gasteiger partial charge is 0.277 e. The number of hydrogen-bond acceptors (Lipinski definition) is 3. The van der Waals surface area contributed by atoms with Gasteiger partial charge in [-0.15, -0.1) is 0 Å². The first kappa shape index (κ1) is 18.4. The third-order valence-electron chi connectivity index (χ3n) is 4.09. The van der Waals surface area contributed by atoms with E-state index in [9.17, 15) is 4.79 Å². The molecule has 0 heterocycles. The number of rotatable bonds is 7. The number of carbonyl (C=O) groups is 1. The Hall–Kier alpha value is -3.40. The normalized spacial score (nSPS) is 11.1. The molecule has 0 atom stereocenters. The third kappa shape index (κ3) is 5.05. The lowest BCUT2D eigenvalue weighted by Gasteiger charge is -2.11. The van der Waals surface area contributed by atoms with Crippen LogP contribution < -0.4 is 10.2 Å². The Labute approximate surface area is 159 Å². The maximum Gasteiger partial charge on any atom is 0.277 e. The van der Waals surface area contributed by atoms with E-state index in [1.165, 1.54) is 0 Å². The number of hydrogen-bond donors (Lipinski definition) is 1. The predicted octanol–water partition coefficient (Wildman–Crippen LogP) is 4.66. The molecule has 4 nitrogen and oxygen atoms in total. The molecule has 27 heavy (non-hydrogen) atoms. The summed E-state index contributed by atoms with van der Waals surface area (Å²) in [5.74, 6) is 0.376. The van der Waals surface area contributed by atoms with Crippen LogP contribution in [0.2, 0.25) is 0 Å². The summed E-state index contributed by atoms with van der Waals surface area (Å²) in [5.41, 5.74) is 6.41. The molecule has 0 fully saturated rings. The number of ether oxygens (including phenoxy) is 1. The van der Waals surface area contributed by atoms with Crippen LogP contribution >= 0.6 is 0 Å². The molecule has 3 rings (SSSR count). The van der Waals surface area contributed by atoms with E-state index in [-0.39, 0.29) is 12.5 Å². The van der Waals surface area contributed by atoms with Crippen LogP contribution in [0.15, 0.2) is 90.0 Å². The molecule has 0 saturated carbocycles. The number of benzene rings is 3. The van der Waals surface area contributed by atoms with Crippen molar-refractivity contribution < 1.29 is 9.53 Å². The second-order valence-electron chi connectivity index (χ2n) is 5.96. The number of carbonyl (C=O) groups excluding carboxylic acids is 1. The molecule has 0 bridgehead atoms. The molecule has 1 N–H and O–H groups in total. The Morgan fingerprint density at radius 1 is 0.889 bits per heavy atom. The first-order chi connectivity index (χ1) is 13.3. The SMILES string of the molecule is CC/C(=N/NC(=O)COc1ccccc1-c1ccccc1)c1ccccc1. The fourth-order valence-corrected chi connectivity index (χ4v) is 2.73. The van der Waals surface area contributed by atoms with E-state index in [0.29, 0.717) is 5.75 Å². The van der Waals surface area contributed by atoms with Crippen LogP contribution in [0.25, 0.3) is 11.1 Å². The molecule has 1 amide bonds. The van der Waals surface area contributed by atoms with Gasteiger partial charge in [0.1, 0.15) is 5.75 Å². The van der Waals surface area contributed by atoms with Crippen molar-refractivity contribution in [2.75, 3.05) is 6.61 Å². The van der Waals surface area contributed by atoms with Crippen LogP contribution in [-0.2, 0) is 4.79 Å². The van der Waals surface area contributed by atoms with Crippen molar-refractivity contribution in [2.24, 2.45) is 5.10 Å². The minimum atomic E-state index is -0.292. The summed E-state index contributed by atoms with van der Waals surface area (Å²) in [6.07, 6.45) is 0.724. The second-order valence-corrected chi connectivity index (χ2v) is 5.96. The Morgan fingerprint density at radius 3 is 2.22 bits per heavy atom. The largest absolute Gasteiger partial charge is 0.483 e. The molecular formula is C23H22N2O2. The Bertz CT molecular complexity index is 906. The molecule has 3 aromatic carbocycles. The van der Waals surface area contributed by atoms with Crippen LogP contribution in [0.1, 0.15) is 18.9 Å². The van der Waals surface area contributed by atoms with Gasteiger partial charge in [0, 0.05) is 5.56 Å². The fourth-order valence-electron chi connectivity index (χ4n) is 2.73. The van der Waals surface area contributed by atoms with Gasteiger partial charge >= 0.3 is 0 Å². The maximum absolute atomic E-state index is 12.2. The fraction of sp³-hybridized carbons (Fsp3) is 0.130. The van der Waals surface area contributed by atoms with Crippen LogP contribution in [0, 0.1) is 0 Å². The van der Waals surface area contributed by atoms with Gasteiger partial charge in [0.25, 0.3) is 5.91 Å². The zero-order chi connectivity index (χ0) is 18.9. The number of nitrogens with one attached hydrogen (secondary N) is 1. The Morgan fingerprint density at radius 2 is 1.52 bits per heavy atom. The number of hydrazone groups is 1. The van der Waals surface area contributed by atoms with Crippen molar-refractivity contribution in [2.45, 2.75) is 13.3 Å². The zero-order valence-electron chi connectivity index (χ0n) is 15.3. The topological polar surface area (TPSA) is 50.7 Å². The molecule has 136 valence electrons. The molecule has 0 radical (unpaired) electrons. The van der Waals surface area contributed by atoms with Crippen molar-refractivity contribution in [1.82, 2.24) is 5.43 Å². The van der Waals surface area contributed by atoms with Gasteiger partial charge in [-0.05, 0) is 23.6 Å². The van der Waals surface area contributed by atoms with E-state index in [2.05, 4.69) is 10.5 Å². The minimum absolute atomic E-state index is 0.0981. The van der Waals surface area contributed by atoms with Crippen LogP contribution in [0.3, 0.4) is 0 Å². The minimum Gasteiger partial charge on any atom is -0.483 e. The molecule has 0 aliphatic rings. The van der Waals surface area contributed by atoms with Gasteiger partial charge in [0.15, 0.2) is 6.61 Å². The molecule has 0 aromatic heterocycles. The lowest BCUT2D eigenvalue weighted by molar-refractivity contribution is -0.123. The van der Waals surface area contributed by atoms with Crippen LogP contribution in [0.5, 0.6) is 5.75 Å². The summed E-state index contributed by atoms with van der Waals surface area (Å²) in [4.78, 5) is 12.2. The maximum atomic E-state index is 12.2. The Balaban J connectivity index is 1.64. The highest BCUT2D eigenvalue weighted by molar-refractivity contribution is 6.00. The summed E-state index contributed by atoms with van der Waals surface area (Å²) < 4.78 is 5.74. The van der Waals surface area contributed by atoms with Gasteiger partial charge in [-0.1, -0.05) is 85.8 Å². The first-order valence-electron chi connectivity index (χ1n) is 8.96. The molecule has 0 spiro atoms. The summed E-state index contributed by atoms with van der Waals surface area (Å²) >= 11 is 0. The van der Waals surface area contributed by atoms with Gasteiger partial charge in [-0.25, -0.2) is 5.43 Å².